The van der Waals surface area contributed by atoms with E-state index in [0.717, 1.165) is 43.0 Å². The van der Waals surface area contributed by atoms with E-state index in [9.17, 15) is 9.18 Å². The van der Waals surface area contributed by atoms with Crippen molar-refractivity contribution < 1.29 is 9.18 Å². The Labute approximate surface area is 188 Å². The highest BCUT2D eigenvalue weighted by Crippen LogP contribution is 2.28. The third-order valence-corrected chi connectivity index (χ3v) is 5.96. The number of anilines is 2. The molecule has 4 rings (SSSR count). The van der Waals surface area contributed by atoms with E-state index in [1.54, 1.807) is 12.1 Å². The van der Waals surface area contributed by atoms with Gasteiger partial charge >= 0.3 is 0 Å². The van der Waals surface area contributed by atoms with Gasteiger partial charge in [0.2, 0.25) is 5.91 Å². The molecular weight excluding hydrogens is 405 g/mol. The monoisotopic (exact) mass is 433 g/mol. The lowest BCUT2D eigenvalue weighted by Crippen LogP contribution is -2.50. The van der Waals surface area contributed by atoms with Crippen molar-refractivity contribution in [3.63, 3.8) is 0 Å². The predicted octanol–water partition coefficient (Wildman–Crippen LogP) is 4.20. The smallest absolute Gasteiger partial charge is 0.246 e. The molecule has 1 saturated heterocycles. The predicted molar refractivity (Wildman–Crippen MR) is 124 cm³/mol. The summed E-state index contributed by atoms with van der Waals surface area (Å²) in [5.74, 6) is 0.388. The van der Waals surface area contributed by atoms with Crippen molar-refractivity contribution in [1.82, 2.24) is 15.1 Å². The number of aryl methyl sites for hydroxylation is 1. The highest BCUT2D eigenvalue weighted by Gasteiger charge is 2.33. The Balaban J connectivity index is 1.55. The molecule has 2 aromatic carbocycles. The van der Waals surface area contributed by atoms with Crippen LogP contribution in [0.2, 0.25) is 0 Å². The summed E-state index contributed by atoms with van der Waals surface area (Å²) in [5.41, 5.74) is 2.38. The molecule has 2 unspecified atom stereocenters. The fourth-order valence-corrected chi connectivity index (χ4v) is 4.22. The van der Waals surface area contributed by atoms with E-state index in [-0.39, 0.29) is 17.8 Å². The Morgan fingerprint density at radius 2 is 1.84 bits per heavy atom. The first-order chi connectivity index (χ1) is 15.5. The van der Waals surface area contributed by atoms with Gasteiger partial charge in [0.1, 0.15) is 11.9 Å². The Morgan fingerprint density at radius 3 is 2.53 bits per heavy atom. The van der Waals surface area contributed by atoms with Crippen LogP contribution in [0.25, 0.3) is 0 Å². The molecule has 0 aliphatic carbocycles. The number of likely N-dealkylation sites (N-methyl/N-ethyl adjacent to an activating group) is 1. The molecule has 1 amide bonds. The first-order valence-electron chi connectivity index (χ1n) is 10.9. The summed E-state index contributed by atoms with van der Waals surface area (Å²) in [6.07, 6.45) is 1.99. The van der Waals surface area contributed by atoms with Gasteiger partial charge in [0, 0.05) is 24.8 Å². The number of halogens is 1. The average molecular weight is 434 g/mol. The molecule has 1 aliphatic rings. The second-order valence-corrected chi connectivity index (χ2v) is 8.25. The summed E-state index contributed by atoms with van der Waals surface area (Å²) in [5, 5.41) is 11.5. The van der Waals surface area contributed by atoms with Crippen LogP contribution in [-0.2, 0) is 4.79 Å². The Hall–Kier alpha value is -3.32. The number of hydrogen-bond donors (Lipinski definition) is 1. The van der Waals surface area contributed by atoms with Gasteiger partial charge in [-0.15, -0.1) is 5.10 Å². The number of rotatable bonds is 6. The summed E-state index contributed by atoms with van der Waals surface area (Å²) in [6, 6.07) is 19.3. The lowest BCUT2D eigenvalue weighted by molar-refractivity contribution is -0.122. The molecule has 32 heavy (non-hydrogen) atoms. The number of carbonyl (C=O) groups is 1. The lowest BCUT2D eigenvalue weighted by Gasteiger charge is -2.41. The minimum atomic E-state index is -0.477. The molecule has 1 aromatic heterocycles. The molecule has 3 aromatic rings. The molecule has 1 N–H and O–H groups in total. The van der Waals surface area contributed by atoms with Gasteiger partial charge in [-0.3, -0.25) is 9.69 Å². The highest BCUT2D eigenvalue weighted by molar-refractivity contribution is 5.95. The molecule has 0 spiro atoms. The molecule has 7 heteroatoms. The van der Waals surface area contributed by atoms with Crippen LogP contribution in [0.4, 0.5) is 15.9 Å². The van der Waals surface area contributed by atoms with Gasteiger partial charge < -0.3 is 10.2 Å². The lowest BCUT2D eigenvalue weighted by atomic mass is 9.98. The second kappa shape index (κ2) is 9.87. The Morgan fingerprint density at radius 1 is 1.09 bits per heavy atom. The number of benzene rings is 2. The largest absolute Gasteiger partial charge is 0.354 e. The van der Waals surface area contributed by atoms with Crippen LogP contribution in [-0.4, -0.2) is 47.2 Å². The van der Waals surface area contributed by atoms with E-state index in [2.05, 4.69) is 25.3 Å². The van der Waals surface area contributed by atoms with Crippen LogP contribution < -0.4 is 10.2 Å². The normalized spacial score (nSPS) is 17.2. The van der Waals surface area contributed by atoms with E-state index in [1.165, 1.54) is 12.1 Å². The Kier molecular flexibility index (Phi) is 6.75. The molecule has 0 bridgehead atoms. The fourth-order valence-electron chi connectivity index (χ4n) is 4.22. The van der Waals surface area contributed by atoms with E-state index in [0.29, 0.717) is 5.69 Å². The highest BCUT2D eigenvalue weighted by atomic mass is 19.1. The van der Waals surface area contributed by atoms with E-state index < -0.39 is 6.04 Å². The van der Waals surface area contributed by atoms with Crippen molar-refractivity contribution in [3.05, 3.63) is 83.8 Å². The Bertz CT molecular complexity index is 1030. The van der Waals surface area contributed by atoms with Crippen LogP contribution in [0.1, 0.15) is 30.1 Å². The number of nitrogens with one attached hydrogen (secondary N) is 1. The van der Waals surface area contributed by atoms with Gasteiger partial charge in [-0.2, -0.15) is 5.10 Å². The summed E-state index contributed by atoms with van der Waals surface area (Å²) in [4.78, 5) is 17.8. The van der Waals surface area contributed by atoms with Crippen molar-refractivity contribution in [2.75, 3.05) is 30.4 Å². The molecule has 2 heterocycles. The van der Waals surface area contributed by atoms with E-state index in [1.807, 2.05) is 56.4 Å². The summed E-state index contributed by atoms with van der Waals surface area (Å²) < 4.78 is 13.3. The third-order valence-electron chi connectivity index (χ3n) is 5.96. The van der Waals surface area contributed by atoms with Crippen LogP contribution >= 0.6 is 0 Å². The molecule has 0 radical (unpaired) electrons. The molecule has 166 valence electrons. The van der Waals surface area contributed by atoms with Crippen molar-refractivity contribution in [3.8, 4) is 0 Å². The quantitative estimate of drug-likeness (QED) is 0.631. The van der Waals surface area contributed by atoms with Crippen molar-refractivity contribution in [1.29, 1.82) is 0 Å². The summed E-state index contributed by atoms with van der Waals surface area (Å²) >= 11 is 0. The van der Waals surface area contributed by atoms with Crippen LogP contribution in [0, 0.1) is 12.7 Å². The van der Waals surface area contributed by atoms with Gasteiger partial charge in [0.25, 0.3) is 0 Å². The molecule has 0 saturated carbocycles. The molecule has 1 fully saturated rings. The topological polar surface area (TPSA) is 61.4 Å². The van der Waals surface area contributed by atoms with Crippen LogP contribution in [0.15, 0.2) is 66.7 Å². The van der Waals surface area contributed by atoms with Crippen molar-refractivity contribution in [2.24, 2.45) is 0 Å². The van der Waals surface area contributed by atoms with E-state index >= 15 is 0 Å². The van der Waals surface area contributed by atoms with Crippen LogP contribution in [0.3, 0.4) is 0 Å². The summed E-state index contributed by atoms with van der Waals surface area (Å²) in [7, 11) is 2.00. The van der Waals surface area contributed by atoms with Crippen LogP contribution in [0.5, 0.6) is 0 Å². The maximum Gasteiger partial charge on any atom is 0.246 e. The molecule has 2 atom stereocenters. The third kappa shape index (κ3) is 5.11. The van der Waals surface area contributed by atoms with Gasteiger partial charge in [-0.25, -0.2) is 4.39 Å². The SMILES string of the molecule is Cc1ccc(N2CCCC(N(C)C(C(=O)Nc3ccc(F)cc3)c3ccccc3)C2)nn1. The number of carbonyl (C=O) groups excluding carboxylic acids is 1. The summed E-state index contributed by atoms with van der Waals surface area (Å²) in [6.45, 7) is 3.61. The number of piperidine rings is 1. The van der Waals surface area contributed by atoms with Gasteiger partial charge in [0.05, 0.1) is 5.69 Å². The van der Waals surface area contributed by atoms with Gasteiger partial charge in [-0.05, 0) is 68.8 Å². The fraction of sp³-hybridized carbons (Fsp3) is 0.320. The minimum Gasteiger partial charge on any atom is -0.354 e. The first-order valence-corrected chi connectivity index (χ1v) is 10.9. The molecular formula is C25H28FN5O. The molecule has 6 nitrogen and oxygen atoms in total. The average Bonchev–Trinajstić information content (AvgIpc) is 2.82. The first kappa shape index (κ1) is 21.9. The standard InChI is InChI=1S/C25H28FN5O/c1-18-10-15-23(29-28-18)31-16-6-9-22(17-31)30(2)24(19-7-4-3-5-8-19)25(32)27-21-13-11-20(26)12-14-21/h3-5,7-8,10-15,22,24H,6,9,16-17H2,1-2H3,(H,27,32). The number of hydrogen-bond acceptors (Lipinski definition) is 5. The van der Waals surface area contributed by atoms with Gasteiger partial charge in [0.15, 0.2) is 5.82 Å². The maximum absolute atomic E-state index is 13.4. The zero-order chi connectivity index (χ0) is 22.5. The zero-order valence-electron chi connectivity index (χ0n) is 18.4. The number of amides is 1. The second-order valence-electron chi connectivity index (χ2n) is 8.25. The number of nitrogens with zero attached hydrogens (tertiary/aromatic N) is 4. The van der Waals surface area contributed by atoms with E-state index in [4.69, 9.17) is 0 Å². The van der Waals surface area contributed by atoms with Crippen molar-refractivity contribution >= 4 is 17.4 Å². The van der Waals surface area contributed by atoms with Gasteiger partial charge in [-0.1, -0.05) is 30.3 Å². The maximum atomic E-state index is 13.4. The minimum absolute atomic E-state index is 0.141. The number of aromatic nitrogens is 2. The zero-order valence-corrected chi connectivity index (χ0v) is 18.4. The molecule has 1 aliphatic heterocycles. The van der Waals surface area contributed by atoms with Crippen molar-refractivity contribution in [2.45, 2.75) is 31.8 Å².